The monoisotopic (exact) mass is 638 g/mol. The van der Waals surface area contributed by atoms with E-state index in [2.05, 4.69) is 127 Å². The fourth-order valence-electron chi connectivity index (χ4n) is 6.47. The molecule has 234 valence electrons. The topological polar surface area (TPSA) is 51.6 Å². The van der Waals surface area contributed by atoms with Gasteiger partial charge in [0.2, 0.25) is 0 Å². The minimum atomic E-state index is 0.681. The Kier molecular flexibility index (Phi) is 7.45. The van der Waals surface area contributed by atoms with Crippen LogP contribution in [-0.2, 0) is 0 Å². The second-order valence-corrected chi connectivity index (χ2v) is 12.3. The van der Waals surface area contributed by atoms with Crippen LogP contribution in [0.4, 0.5) is 0 Å². The third-order valence-corrected chi connectivity index (χ3v) is 9.11. The van der Waals surface area contributed by atoms with Crippen molar-refractivity contribution in [2.24, 2.45) is 0 Å². The smallest absolute Gasteiger partial charge is 0.160 e. The van der Waals surface area contributed by atoms with Crippen molar-refractivity contribution in [3.05, 3.63) is 182 Å². The third kappa shape index (κ3) is 5.69. The highest BCUT2D eigenvalue weighted by atomic mass is 14.9. The lowest BCUT2D eigenvalue weighted by atomic mass is 10.00. The van der Waals surface area contributed by atoms with Crippen LogP contribution in [0.3, 0.4) is 0 Å². The summed E-state index contributed by atoms with van der Waals surface area (Å²) in [6.07, 6.45) is 0. The molecule has 50 heavy (non-hydrogen) atoms. The van der Waals surface area contributed by atoms with Crippen LogP contribution in [0.15, 0.2) is 182 Å². The largest absolute Gasteiger partial charge is 0.228 e. The van der Waals surface area contributed by atoms with Crippen LogP contribution < -0.4 is 0 Å². The molecule has 0 unspecified atom stereocenters. The zero-order chi connectivity index (χ0) is 33.3. The van der Waals surface area contributed by atoms with Gasteiger partial charge in [0.1, 0.15) is 0 Å². The summed E-state index contributed by atoms with van der Waals surface area (Å²) in [7, 11) is 0. The summed E-state index contributed by atoms with van der Waals surface area (Å²) in [4.78, 5) is 20.1. The maximum Gasteiger partial charge on any atom is 0.160 e. The summed E-state index contributed by atoms with van der Waals surface area (Å²) in [5.41, 5.74) is 10.9. The summed E-state index contributed by atoms with van der Waals surface area (Å²) >= 11 is 0. The first kappa shape index (κ1) is 29.4. The third-order valence-electron chi connectivity index (χ3n) is 9.11. The average Bonchev–Trinajstić information content (AvgIpc) is 3.21. The molecule has 0 bridgehead atoms. The van der Waals surface area contributed by atoms with Crippen molar-refractivity contribution in [1.29, 1.82) is 0 Å². The SMILES string of the molecule is c1ccc(-c2cc(-c3ccc(-c4nc(-c5ccccc5)c5ccccc5n4)cc3)nc(-c3ccc(-c4ccc5ccccc5c4)cc3)n2)cc1. The molecule has 9 aromatic rings. The molecular weight excluding hydrogens is 609 g/mol. The Balaban J connectivity index is 1.09. The number of hydrogen-bond donors (Lipinski definition) is 0. The van der Waals surface area contributed by atoms with Crippen LogP contribution in [0.2, 0.25) is 0 Å². The fourth-order valence-corrected chi connectivity index (χ4v) is 6.47. The second-order valence-electron chi connectivity index (χ2n) is 12.3. The minimum Gasteiger partial charge on any atom is -0.228 e. The van der Waals surface area contributed by atoms with E-state index in [1.165, 1.54) is 16.3 Å². The molecule has 4 heteroatoms. The van der Waals surface area contributed by atoms with Crippen molar-refractivity contribution in [3.8, 4) is 67.7 Å². The van der Waals surface area contributed by atoms with E-state index in [0.29, 0.717) is 11.6 Å². The first-order chi connectivity index (χ1) is 24.7. The van der Waals surface area contributed by atoms with Crippen molar-refractivity contribution < 1.29 is 0 Å². The van der Waals surface area contributed by atoms with Crippen molar-refractivity contribution in [3.63, 3.8) is 0 Å². The van der Waals surface area contributed by atoms with E-state index in [4.69, 9.17) is 19.9 Å². The molecule has 0 atom stereocenters. The van der Waals surface area contributed by atoms with Crippen molar-refractivity contribution in [2.75, 3.05) is 0 Å². The number of fused-ring (bicyclic) bond motifs is 2. The minimum absolute atomic E-state index is 0.681. The van der Waals surface area contributed by atoms with Crippen molar-refractivity contribution in [2.45, 2.75) is 0 Å². The highest BCUT2D eigenvalue weighted by Gasteiger charge is 2.14. The molecule has 0 spiro atoms. The molecule has 0 aliphatic heterocycles. The molecule has 2 aromatic heterocycles. The van der Waals surface area contributed by atoms with Crippen molar-refractivity contribution in [1.82, 2.24) is 19.9 Å². The van der Waals surface area contributed by atoms with Gasteiger partial charge in [-0.15, -0.1) is 0 Å². The van der Waals surface area contributed by atoms with Gasteiger partial charge < -0.3 is 0 Å². The van der Waals surface area contributed by atoms with Crippen LogP contribution in [-0.4, -0.2) is 19.9 Å². The Hall–Kier alpha value is -6.78. The van der Waals surface area contributed by atoms with Gasteiger partial charge in [0, 0.05) is 33.2 Å². The van der Waals surface area contributed by atoms with Crippen LogP contribution >= 0.6 is 0 Å². The maximum atomic E-state index is 5.10. The number of aromatic nitrogens is 4. The van der Waals surface area contributed by atoms with Crippen molar-refractivity contribution >= 4 is 21.7 Å². The Labute approximate surface area is 290 Å². The van der Waals surface area contributed by atoms with E-state index >= 15 is 0 Å². The zero-order valence-electron chi connectivity index (χ0n) is 27.1. The van der Waals surface area contributed by atoms with Gasteiger partial charge in [-0.1, -0.05) is 164 Å². The molecule has 7 aromatic carbocycles. The van der Waals surface area contributed by atoms with E-state index in [1.54, 1.807) is 0 Å². The normalized spacial score (nSPS) is 11.2. The molecule has 0 radical (unpaired) electrons. The Morgan fingerprint density at radius 1 is 0.280 bits per heavy atom. The van der Waals surface area contributed by atoms with E-state index in [0.717, 1.165) is 61.4 Å². The molecule has 0 N–H and O–H groups in total. The molecule has 0 fully saturated rings. The quantitative estimate of drug-likeness (QED) is 0.182. The average molecular weight is 639 g/mol. The highest BCUT2D eigenvalue weighted by Crippen LogP contribution is 2.33. The lowest BCUT2D eigenvalue weighted by Gasteiger charge is -2.11. The molecule has 2 heterocycles. The summed E-state index contributed by atoms with van der Waals surface area (Å²) in [6, 6.07) is 62.7. The van der Waals surface area contributed by atoms with Crippen LogP contribution in [0.1, 0.15) is 0 Å². The summed E-state index contributed by atoms with van der Waals surface area (Å²) in [5, 5.41) is 3.50. The maximum absolute atomic E-state index is 5.10. The zero-order valence-corrected chi connectivity index (χ0v) is 27.1. The van der Waals surface area contributed by atoms with Gasteiger partial charge in [-0.05, 0) is 40.1 Å². The molecule has 9 rings (SSSR count). The fraction of sp³-hybridized carbons (Fsp3) is 0. The first-order valence-corrected chi connectivity index (χ1v) is 16.7. The van der Waals surface area contributed by atoms with Crippen LogP contribution in [0.25, 0.3) is 89.4 Å². The molecular formula is C46H30N4. The predicted octanol–water partition coefficient (Wildman–Crippen LogP) is 11.6. The van der Waals surface area contributed by atoms with Gasteiger partial charge in [-0.25, -0.2) is 19.9 Å². The number of nitrogens with zero attached hydrogens (tertiary/aromatic N) is 4. The van der Waals surface area contributed by atoms with E-state index in [9.17, 15) is 0 Å². The highest BCUT2D eigenvalue weighted by molar-refractivity contribution is 5.93. The number of benzene rings is 7. The lowest BCUT2D eigenvalue weighted by Crippen LogP contribution is -1.97. The van der Waals surface area contributed by atoms with Gasteiger partial charge in [-0.3, -0.25) is 0 Å². The number of hydrogen-bond acceptors (Lipinski definition) is 4. The molecule has 4 nitrogen and oxygen atoms in total. The van der Waals surface area contributed by atoms with Gasteiger partial charge in [0.25, 0.3) is 0 Å². The van der Waals surface area contributed by atoms with E-state index in [1.807, 2.05) is 54.6 Å². The molecule has 0 saturated heterocycles. The summed E-state index contributed by atoms with van der Waals surface area (Å²) < 4.78 is 0. The standard InChI is InChI=1S/C46H30N4/c1-3-12-33(13-4-1)42-30-43(49-45(48-42)36-24-19-32(20-25-36)39-28-21-31-11-7-8-16-38(31)29-39)34-22-26-37(27-23-34)46-47-41-18-10-9-17-40(41)44(50-46)35-14-5-2-6-15-35/h1-30H. The molecule has 0 aliphatic rings. The first-order valence-electron chi connectivity index (χ1n) is 16.7. The predicted molar refractivity (Wildman–Crippen MR) is 205 cm³/mol. The molecule has 0 saturated carbocycles. The van der Waals surface area contributed by atoms with E-state index in [-0.39, 0.29) is 0 Å². The molecule has 0 amide bonds. The second kappa shape index (κ2) is 12.7. The van der Waals surface area contributed by atoms with Gasteiger partial charge in [0.15, 0.2) is 11.6 Å². The number of rotatable bonds is 6. The number of para-hydroxylation sites is 1. The van der Waals surface area contributed by atoms with Gasteiger partial charge in [-0.2, -0.15) is 0 Å². The van der Waals surface area contributed by atoms with Gasteiger partial charge >= 0.3 is 0 Å². The van der Waals surface area contributed by atoms with Crippen LogP contribution in [0, 0.1) is 0 Å². The van der Waals surface area contributed by atoms with Crippen LogP contribution in [0.5, 0.6) is 0 Å². The Bertz CT molecular complexity index is 2620. The van der Waals surface area contributed by atoms with Gasteiger partial charge in [0.05, 0.1) is 22.6 Å². The lowest BCUT2D eigenvalue weighted by molar-refractivity contribution is 1.18. The molecule has 0 aliphatic carbocycles. The summed E-state index contributed by atoms with van der Waals surface area (Å²) in [6.45, 7) is 0. The van der Waals surface area contributed by atoms with E-state index < -0.39 is 0 Å². The summed E-state index contributed by atoms with van der Waals surface area (Å²) in [5.74, 6) is 1.37. The Morgan fingerprint density at radius 3 is 1.48 bits per heavy atom. The Morgan fingerprint density at radius 2 is 0.780 bits per heavy atom.